The van der Waals surface area contributed by atoms with Crippen molar-refractivity contribution in [2.45, 2.75) is 30.6 Å². The largest absolute Gasteiger partial charge is 0.504 e. The number of carbonyl (C=O) groups excluding carboxylic acids is 4. The zero-order valence-electron chi connectivity index (χ0n) is 30.2. The van der Waals surface area contributed by atoms with E-state index in [1.54, 1.807) is 78.9 Å². The van der Waals surface area contributed by atoms with Crippen LogP contribution in [0.15, 0.2) is 109 Å². The van der Waals surface area contributed by atoms with Crippen molar-refractivity contribution in [1.29, 1.82) is 0 Å². The average molecular weight is 821 g/mol. The summed E-state index contributed by atoms with van der Waals surface area (Å²) in [6, 6.07) is 19.9. The lowest BCUT2D eigenvalue weighted by atomic mass is 9.50. The summed E-state index contributed by atoms with van der Waals surface area (Å²) in [5.41, 5.74) is -4.20. The highest BCUT2D eigenvalue weighted by molar-refractivity contribution is 6.32. The fourth-order valence-corrected chi connectivity index (χ4v) is 9.50. The molecule has 2 aliphatic carbocycles. The summed E-state index contributed by atoms with van der Waals surface area (Å²) in [6.45, 7) is 0. The van der Waals surface area contributed by atoms with Crippen molar-refractivity contribution in [3.05, 3.63) is 136 Å². The number of hydrogen-bond donors (Lipinski definition) is 1. The van der Waals surface area contributed by atoms with E-state index in [1.165, 1.54) is 19.2 Å². The molecule has 0 bridgehead atoms. The predicted molar refractivity (Wildman–Crippen MR) is 199 cm³/mol. The van der Waals surface area contributed by atoms with Crippen molar-refractivity contribution < 1.29 is 55.4 Å². The molecule has 8 rings (SSSR count). The van der Waals surface area contributed by atoms with E-state index in [2.05, 4.69) is 0 Å². The third kappa shape index (κ3) is 6.07. The van der Waals surface area contributed by atoms with Crippen LogP contribution in [0.5, 0.6) is 11.5 Å². The molecule has 4 aromatic carbocycles. The summed E-state index contributed by atoms with van der Waals surface area (Å²) < 4.78 is 88.8. The molecule has 2 aliphatic heterocycles. The number of aromatic hydroxyl groups is 1. The number of methoxy groups -OCH3 is 1. The predicted octanol–water partition coefficient (Wildman–Crippen LogP) is 9.00. The average Bonchev–Trinajstić information content (AvgIpc) is 3.58. The fourth-order valence-electron chi connectivity index (χ4n) is 9.32. The van der Waals surface area contributed by atoms with Gasteiger partial charge in [-0.25, -0.2) is 9.80 Å². The normalized spacial score (nSPS) is 25.9. The van der Waals surface area contributed by atoms with Crippen molar-refractivity contribution in [2.24, 2.45) is 29.6 Å². The van der Waals surface area contributed by atoms with Gasteiger partial charge in [-0.15, -0.1) is 0 Å². The number of imide groups is 2. The Bertz CT molecular complexity index is 2420. The van der Waals surface area contributed by atoms with Crippen LogP contribution in [0.3, 0.4) is 0 Å². The monoisotopic (exact) mass is 820 g/mol. The number of phenols is 1. The number of carbonyl (C=O) groups is 4. The van der Waals surface area contributed by atoms with Crippen LogP contribution in [0.4, 0.5) is 37.7 Å². The second kappa shape index (κ2) is 13.9. The first kappa shape index (κ1) is 39.0. The number of fused-ring (bicyclic) bond motifs is 4. The lowest BCUT2D eigenvalue weighted by molar-refractivity contribution is -0.143. The van der Waals surface area contributed by atoms with Gasteiger partial charge in [0, 0.05) is 10.9 Å². The molecule has 8 nitrogen and oxygen atoms in total. The van der Waals surface area contributed by atoms with Gasteiger partial charge in [0.15, 0.2) is 11.5 Å². The lowest BCUT2D eigenvalue weighted by Gasteiger charge is -2.49. The molecular weight excluding hydrogens is 790 g/mol. The van der Waals surface area contributed by atoms with Crippen LogP contribution in [0.25, 0.3) is 6.08 Å². The number of amides is 4. The summed E-state index contributed by atoms with van der Waals surface area (Å²) in [4.78, 5) is 60.1. The Kier molecular flexibility index (Phi) is 9.33. The van der Waals surface area contributed by atoms with E-state index in [9.17, 15) is 45.8 Å². The molecule has 1 saturated carbocycles. The Morgan fingerprint density at radius 2 is 1.47 bits per heavy atom. The quantitative estimate of drug-likeness (QED) is 0.118. The Balaban J connectivity index is 1.30. The third-order valence-corrected chi connectivity index (χ3v) is 12.0. The van der Waals surface area contributed by atoms with Crippen LogP contribution in [-0.2, 0) is 36.9 Å². The SMILES string of the molecule is COc1cc(C=CC2C3=CCC4C(=O)N(c5cc(C(F)(F)F)cc(C(F)(F)F)c5)C(=O)C4C3CC3C(=O)N(c4cccc(Cl)c4)C(=O)C23c2ccccc2)ccc1O. The Labute approximate surface area is 332 Å². The Hall–Kier alpha value is -5.89. The van der Waals surface area contributed by atoms with Gasteiger partial charge in [-0.05, 0) is 78.4 Å². The van der Waals surface area contributed by atoms with Crippen LogP contribution in [0, 0.1) is 29.6 Å². The maximum atomic E-state index is 15.3. The van der Waals surface area contributed by atoms with E-state index in [-0.39, 0.29) is 41.1 Å². The molecule has 4 aromatic rings. The molecule has 2 heterocycles. The van der Waals surface area contributed by atoms with Crippen LogP contribution >= 0.6 is 11.6 Å². The van der Waals surface area contributed by atoms with Crippen molar-refractivity contribution in [2.75, 3.05) is 16.9 Å². The zero-order valence-corrected chi connectivity index (χ0v) is 31.0. The van der Waals surface area contributed by atoms with E-state index in [4.69, 9.17) is 16.3 Å². The number of anilines is 2. The van der Waals surface area contributed by atoms with Crippen molar-refractivity contribution >= 4 is 52.7 Å². The highest BCUT2D eigenvalue weighted by Crippen LogP contribution is 2.62. The first-order valence-corrected chi connectivity index (χ1v) is 18.5. The molecule has 0 aromatic heterocycles. The second-order valence-electron chi connectivity index (χ2n) is 14.7. The molecule has 4 aliphatic rings. The summed E-state index contributed by atoms with van der Waals surface area (Å²) in [5, 5.41) is 10.5. The van der Waals surface area contributed by atoms with Gasteiger partial charge < -0.3 is 9.84 Å². The second-order valence-corrected chi connectivity index (χ2v) is 15.1. The lowest BCUT2D eigenvalue weighted by Crippen LogP contribution is -2.54. The van der Waals surface area contributed by atoms with Gasteiger partial charge in [-0.3, -0.25) is 19.2 Å². The van der Waals surface area contributed by atoms with E-state index >= 15 is 4.79 Å². The number of alkyl halides is 6. The summed E-state index contributed by atoms with van der Waals surface area (Å²) in [7, 11) is 1.37. The molecule has 0 radical (unpaired) electrons. The van der Waals surface area contributed by atoms with E-state index in [1.807, 2.05) is 0 Å². The number of benzene rings is 4. The maximum absolute atomic E-state index is 15.3. The molecule has 3 fully saturated rings. The molecule has 58 heavy (non-hydrogen) atoms. The summed E-state index contributed by atoms with van der Waals surface area (Å²) >= 11 is 6.33. The van der Waals surface area contributed by atoms with Crippen molar-refractivity contribution in [3.63, 3.8) is 0 Å². The molecular formula is C43H31ClF6N2O6. The van der Waals surface area contributed by atoms with Gasteiger partial charge in [0.25, 0.3) is 0 Å². The fraction of sp³-hybridized carbons (Fsp3) is 0.256. The minimum atomic E-state index is -5.24. The standard InChI is InChI=1S/C43H31ClF6N2O6/c1-58-35-16-22(11-15-34(35)53)10-14-32-29-12-13-30-36(39(56)51(37(30)54)28-18-24(42(45,46)47)17-25(19-28)43(48,49)50)31(29)21-33-38(55)52(27-9-5-8-26(44)20-27)40(57)41(32,33)23-6-3-2-4-7-23/h2-12,14-20,30-33,36,53H,13,21H2,1H3. The molecule has 6 atom stereocenters. The van der Waals surface area contributed by atoms with Crippen LogP contribution in [-0.4, -0.2) is 35.8 Å². The van der Waals surface area contributed by atoms with Gasteiger partial charge in [0.2, 0.25) is 23.6 Å². The minimum absolute atomic E-state index is 0.0828. The summed E-state index contributed by atoms with van der Waals surface area (Å²) in [6.07, 6.45) is -5.70. The smallest absolute Gasteiger partial charge is 0.416 e. The molecule has 2 saturated heterocycles. The number of allylic oxidation sites excluding steroid dienone is 3. The highest BCUT2D eigenvalue weighted by Gasteiger charge is 2.69. The number of halogens is 7. The zero-order chi connectivity index (χ0) is 41.5. The van der Waals surface area contributed by atoms with Gasteiger partial charge in [0.05, 0.1) is 52.8 Å². The van der Waals surface area contributed by atoms with Crippen LogP contribution in [0.2, 0.25) is 5.02 Å². The third-order valence-electron chi connectivity index (χ3n) is 11.7. The summed E-state index contributed by atoms with van der Waals surface area (Å²) in [5.74, 6) is -8.77. The van der Waals surface area contributed by atoms with Gasteiger partial charge >= 0.3 is 12.4 Å². The van der Waals surface area contributed by atoms with Gasteiger partial charge in [-0.1, -0.05) is 77.9 Å². The molecule has 0 spiro atoms. The highest BCUT2D eigenvalue weighted by atomic mass is 35.5. The molecule has 15 heteroatoms. The Morgan fingerprint density at radius 3 is 2.10 bits per heavy atom. The van der Waals surface area contributed by atoms with Crippen LogP contribution < -0.4 is 14.5 Å². The van der Waals surface area contributed by atoms with Crippen molar-refractivity contribution in [1.82, 2.24) is 0 Å². The molecule has 298 valence electrons. The van der Waals surface area contributed by atoms with Gasteiger partial charge in [-0.2, -0.15) is 26.3 Å². The first-order chi connectivity index (χ1) is 27.5. The van der Waals surface area contributed by atoms with Crippen LogP contribution in [0.1, 0.15) is 35.1 Å². The number of hydrogen-bond acceptors (Lipinski definition) is 6. The van der Waals surface area contributed by atoms with E-state index < -0.39 is 87.8 Å². The van der Waals surface area contributed by atoms with Crippen molar-refractivity contribution in [3.8, 4) is 11.5 Å². The van der Waals surface area contributed by atoms with Gasteiger partial charge in [0.1, 0.15) is 0 Å². The number of ether oxygens (including phenoxy) is 1. The minimum Gasteiger partial charge on any atom is -0.504 e. The first-order valence-electron chi connectivity index (χ1n) is 18.1. The Morgan fingerprint density at radius 1 is 0.776 bits per heavy atom. The molecule has 4 amide bonds. The van der Waals surface area contributed by atoms with E-state index in [0.717, 1.165) is 4.90 Å². The maximum Gasteiger partial charge on any atom is 0.416 e. The van der Waals surface area contributed by atoms with E-state index in [0.29, 0.717) is 33.7 Å². The molecule has 6 unspecified atom stereocenters. The number of phenolic OH excluding ortho intramolecular Hbond substituents is 1. The molecule has 1 N–H and O–H groups in total. The topological polar surface area (TPSA) is 104 Å². The number of rotatable bonds is 6. The number of nitrogens with zero attached hydrogens (tertiary/aromatic N) is 2.